The van der Waals surface area contributed by atoms with E-state index in [9.17, 15) is 15.0 Å². The highest BCUT2D eigenvalue weighted by atomic mass is 35.5. The number of carbonyl (C=O) groups is 1. The van der Waals surface area contributed by atoms with Crippen molar-refractivity contribution < 1.29 is 20.1 Å². The zero-order valence-corrected chi connectivity index (χ0v) is 11.4. The lowest BCUT2D eigenvalue weighted by atomic mass is 9.91. The van der Waals surface area contributed by atoms with Crippen LogP contribution in [-0.4, -0.2) is 45.5 Å². The molecule has 1 amide bonds. The Morgan fingerprint density at radius 1 is 1.42 bits per heavy atom. The number of nitrogens with zero attached hydrogens (tertiary/aromatic N) is 1. The molecule has 5 nitrogen and oxygen atoms in total. The van der Waals surface area contributed by atoms with Crippen LogP contribution in [0.4, 0.5) is 4.79 Å². The van der Waals surface area contributed by atoms with Gasteiger partial charge in [-0.25, -0.2) is 4.79 Å². The molecule has 0 bridgehead atoms. The number of benzene rings is 1. The first-order valence-corrected chi connectivity index (χ1v) is 6.41. The first-order chi connectivity index (χ1) is 8.87. The third-order valence-corrected chi connectivity index (χ3v) is 4.10. The molecule has 3 N–H and O–H groups in total. The lowest BCUT2D eigenvalue weighted by molar-refractivity contribution is 0.0457. The van der Waals surface area contributed by atoms with E-state index in [1.165, 1.54) is 6.07 Å². The smallest absolute Gasteiger partial charge is 0.407 e. The Bertz CT molecular complexity index is 511. The standard InChI is InChI=1S/C12H13Cl2NO4/c13-9-2-1-7(3-10(9)14)12(19)4-8(5-16)15(6-12)11(17)18/h1-3,8,16,19H,4-6H2,(H,17,18). The number of aliphatic hydroxyl groups is 2. The molecule has 104 valence electrons. The molecule has 2 unspecified atom stereocenters. The molecule has 1 aliphatic rings. The molecule has 7 heteroatoms. The maximum atomic E-state index is 11.1. The van der Waals surface area contributed by atoms with E-state index in [-0.39, 0.29) is 19.6 Å². The number of likely N-dealkylation sites (tertiary alicyclic amines) is 1. The first kappa shape index (κ1) is 14.4. The minimum Gasteiger partial charge on any atom is -0.465 e. The number of halogens is 2. The molecule has 19 heavy (non-hydrogen) atoms. The Morgan fingerprint density at radius 3 is 2.58 bits per heavy atom. The zero-order chi connectivity index (χ0) is 14.2. The zero-order valence-electron chi connectivity index (χ0n) is 9.88. The van der Waals surface area contributed by atoms with Gasteiger partial charge in [0.25, 0.3) is 0 Å². The van der Waals surface area contributed by atoms with Gasteiger partial charge in [0.15, 0.2) is 0 Å². The molecule has 1 aromatic rings. The molecular formula is C12H13Cl2NO4. The predicted molar refractivity (Wildman–Crippen MR) is 70.6 cm³/mol. The molecule has 2 atom stereocenters. The molecular weight excluding hydrogens is 293 g/mol. The molecule has 1 aliphatic heterocycles. The average molecular weight is 306 g/mol. The van der Waals surface area contributed by atoms with Crippen molar-refractivity contribution in [3.8, 4) is 0 Å². The van der Waals surface area contributed by atoms with Crippen molar-refractivity contribution in [2.24, 2.45) is 0 Å². The van der Waals surface area contributed by atoms with Crippen LogP contribution in [-0.2, 0) is 5.60 Å². The Balaban J connectivity index is 2.33. The molecule has 1 fully saturated rings. The Kier molecular flexibility index (Phi) is 3.92. The second-order valence-electron chi connectivity index (χ2n) is 4.61. The van der Waals surface area contributed by atoms with Crippen LogP contribution in [0.5, 0.6) is 0 Å². The molecule has 1 saturated heterocycles. The summed E-state index contributed by atoms with van der Waals surface area (Å²) in [5.74, 6) is 0. The molecule has 0 aromatic heterocycles. The van der Waals surface area contributed by atoms with E-state index in [4.69, 9.17) is 28.3 Å². The van der Waals surface area contributed by atoms with Gasteiger partial charge in [0.05, 0.1) is 29.2 Å². The van der Waals surface area contributed by atoms with Crippen LogP contribution in [0.3, 0.4) is 0 Å². The fourth-order valence-corrected chi connectivity index (χ4v) is 2.66. The van der Waals surface area contributed by atoms with Gasteiger partial charge in [-0.3, -0.25) is 4.90 Å². The SMILES string of the molecule is O=C(O)N1CC(O)(c2ccc(Cl)c(Cl)c2)CC1CO. The Morgan fingerprint density at radius 2 is 2.11 bits per heavy atom. The maximum Gasteiger partial charge on any atom is 0.407 e. The fourth-order valence-electron chi connectivity index (χ4n) is 2.36. The third kappa shape index (κ3) is 2.65. The monoisotopic (exact) mass is 305 g/mol. The van der Waals surface area contributed by atoms with Crippen LogP contribution in [0.15, 0.2) is 18.2 Å². The van der Waals surface area contributed by atoms with Gasteiger partial charge in [-0.05, 0) is 17.7 Å². The molecule has 0 saturated carbocycles. The van der Waals surface area contributed by atoms with Crippen LogP contribution < -0.4 is 0 Å². The van der Waals surface area contributed by atoms with E-state index >= 15 is 0 Å². The summed E-state index contributed by atoms with van der Waals surface area (Å²) in [4.78, 5) is 12.1. The number of amides is 1. The summed E-state index contributed by atoms with van der Waals surface area (Å²) in [6, 6.07) is 4.05. The number of hydrogen-bond donors (Lipinski definition) is 3. The second-order valence-corrected chi connectivity index (χ2v) is 5.43. The van der Waals surface area contributed by atoms with Gasteiger partial charge in [0.2, 0.25) is 0 Å². The Labute approximate surface area is 120 Å². The summed E-state index contributed by atoms with van der Waals surface area (Å²) in [6.45, 7) is -0.443. The normalized spacial score (nSPS) is 26.7. The number of aliphatic hydroxyl groups excluding tert-OH is 1. The van der Waals surface area contributed by atoms with E-state index in [1.807, 2.05) is 0 Å². The van der Waals surface area contributed by atoms with Gasteiger partial charge < -0.3 is 15.3 Å². The van der Waals surface area contributed by atoms with Crippen molar-refractivity contribution in [3.63, 3.8) is 0 Å². The number of rotatable bonds is 2. The van der Waals surface area contributed by atoms with Crippen molar-refractivity contribution in [2.45, 2.75) is 18.1 Å². The number of hydrogen-bond acceptors (Lipinski definition) is 3. The van der Waals surface area contributed by atoms with Gasteiger partial charge in [0, 0.05) is 6.42 Å². The largest absolute Gasteiger partial charge is 0.465 e. The van der Waals surface area contributed by atoms with Crippen LogP contribution in [0, 0.1) is 0 Å². The van der Waals surface area contributed by atoms with E-state index < -0.39 is 17.7 Å². The van der Waals surface area contributed by atoms with Gasteiger partial charge in [0.1, 0.15) is 5.60 Å². The average Bonchev–Trinajstić information content (AvgIpc) is 2.71. The highest BCUT2D eigenvalue weighted by Gasteiger charge is 2.45. The van der Waals surface area contributed by atoms with Gasteiger partial charge in [-0.2, -0.15) is 0 Å². The molecule has 1 aromatic carbocycles. The summed E-state index contributed by atoms with van der Waals surface area (Å²) < 4.78 is 0. The summed E-state index contributed by atoms with van der Waals surface area (Å²) in [7, 11) is 0. The lowest BCUT2D eigenvalue weighted by Gasteiger charge is -2.23. The summed E-state index contributed by atoms with van der Waals surface area (Å²) >= 11 is 11.7. The van der Waals surface area contributed by atoms with Gasteiger partial charge in [-0.15, -0.1) is 0 Å². The highest BCUT2D eigenvalue weighted by Crippen LogP contribution is 2.37. The predicted octanol–water partition coefficient (Wildman–Crippen LogP) is 1.93. The summed E-state index contributed by atoms with van der Waals surface area (Å²) in [6.07, 6.45) is -1.05. The molecule has 1 heterocycles. The van der Waals surface area contributed by atoms with Crippen molar-refractivity contribution in [1.82, 2.24) is 4.90 Å². The van der Waals surface area contributed by atoms with Crippen LogP contribution in [0.25, 0.3) is 0 Å². The van der Waals surface area contributed by atoms with E-state index in [0.717, 1.165) is 4.90 Å². The molecule has 0 aliphatic carbocycles. The van der Waals surface area contributed by atoms with Gasteiger partial charge >= 0.3 is 6.09 Å². The van der Waals surface area contributed by atoms with E-state index in [2.05, 4.69) is 0 Å². The topological polar surface area (TPSA) is 81.0 Å². The van der Waals surface area contributed by atoms with Crippen molar-refractivity contribution in [3.05, 3.63) is 33.8 Å². The quantitative estimate of drug-likeness (QED) is 0.780. The molecule has 0 radical (unpaired) electrons. The number of carboxylic acid groups (broad SMARTS) is 1. The van der Waals surface area contributed by atoms with Crippen molar-refractivity contribution >= 4 is 29.3 Å². The van der Waals surface area contributed by atoms with E-state index in [0.29, 0.717) is 15.6 Å². The van der Waals surface area contributed by atoms with Crippen LogP contribution in [0.2, 0.25) is 10.0 Å². The van der Waals surface area contributed by atoms with Gasteiger partial charge in [-0.1, -0.05) is 29.3 Å². The summed E-state index contributed by atoms with van der Waals surface area (Å²) in [5.41, 5.74) is -0.871. The lowest BCUT2D eigenvalue weighted by Crippen LogP contribution is -2.37. The molecule has 0 spiro atoms. The molecule has 2 rings (SSSR count). The fraction of sp³-hybridized carbons (Fsp3) is 0.417. The highest BCUT2D eigenvalue weighted by molar-refractivity contribution is 6.42. The van der Waals surface area contributed by atoms with E-state index in [1.54, 1.807) is 12.1 Å². The Hall–Kier alpha value is -1.01. The first-order valence-electron chi connectivity index (χ1n) is 5.66. The minimum absolute atomic E-state index is 0.106. The number of β-amino-alcohol motifs (C(OH)–C–C–N with tert-alkyl or cyclic N) is 1. The van der Waals surface area contributed by atoms with Crippen LogP contribution >= 0.6 is 23.2 Å². The second kappa shape index (κ2) is 5.17. The third-order valence-electron chi connectivity index (χ3n) is 3.36. The van der Waals surface area contributed by atoms with Crippen LogP contribution in [0.1, 0.15) is 12.0 Å². The maximum absolute atomic E-state index is 11.1. The van der Waals surface area contributed by atoms with Crippen molar-refractivity contribution in [1.29, 1.82) is 0 Å². The minimum atomic E-state index is -1.36. The van der Waals surface area contributed by atoms with Crippen molar-refractivity contribution in [2.75, 3.05) is 13.2 Å². The summed E-state index contributed by atoms with van der Waals surface area (Å²) in [5, 5.41) is 29.5.